The number of halogens is 1. The number of nitrogens with zero attached hydrogens (tertiary/aromatic N) is 4. The van der Waals surface area contributed by atoms with Crippen molar-refractivity contribution in [3.63, 3.8) is 0 Å². The van der Waals surface area contributed by atoms with Crippen LogP contribution in [0.4, 0.5) is 5.82 Å². The summed E-state index contributed by atoms with van der Waals surface area (Å²) in [4.78, 5) is 31.5. The lowest BCUT2D eigenvalue weighted by molar-refractivity contribution is -0.137. The van der Waals surface area contributed by atoms with Crippen LogP contribution in [0.15, 0.2) is 41.3 Å². The number of carboxylic acid groups (broad SMARTS) is 1. The van der Waals surface area contributed by atoms with E-state index in [2.05, 4.69) is 4.98 Å². The lowest BCUT2D eigenvalue weighted by Gasteiger charge is -2.27. The minimum absolute atomic E-state index is 0.00372. The van der Waals surface area contributed by atoms with E-state index < -0.39 is 18.1 Å². The van der Waals surface area contributed by atoms with Gasteiger partial charge < -0.3 is 10.0 Å². The molecule has 0 amide bonds. The van der Waals surface area contributed by atoms with Gasteiger partial charge in [-0.1, -0.05) is 41.9 Å². The first-order chi connectivity index (χ1) is 11.9. The first-order valence-corrected chi connectivity index (χ1v) is 8.17. The number of hydrogen-bond acceptors (Lipinski definition) is 5. The zero-order valence-corrected chi connectivity index (χ0v) is 15.0. The molecule has 0 fully saturated rings. The lowest BCUT2D eigenvalue weighted by atomic mass is 10.1. The summed E-state index contributed by atoms with van der Waals surface area (Å²) in [5.74, 6) is -0.945. The van der Waals surface area contributed by atoms with E-state index in [4.69, 9.17) is 16.7 Å². The number of hydrogen-bond donors (Lipinski definition) is 1. The summed E-state index contributed by atoms with van der Waals surface area (Å²) >= 11 is 5.94. The van der Waals surface area contributed by atoms with E-state index >= 15 is 0 Å². The third-order valence-electron chi connectivity index (χ3n) is 3.55. The molecule has 134 valence electrons. The van der Waals surface area contributed by atoms with Gasteiger partial charge in [0.2, 0.25) is 0 Å². The average Bonchev–Trinajstić information content (AvgIpc) is 2.56. The van der Waals surface area contributed by atoms with Crippen LogP contribution in [0, 0.1) is 0 Å². The van der Waals surface area contributed by atoms with Crippen molar-refractivity contribution in [1.82, 2.24) is 14.5 Å². The molecule has 0 aliphatic heterocycles. The Kier molecular flexibility index (Phi) is 6.55. The summed E-state index contributed by atoms with van der Waals surface area (Å²) in [5.41, 5.74) is 0.635. The summed E-state index contributed by atoms with van der Waals surface area (Å²) in [6.07, 6.45) is 2.05. The number of carboxylic acids is 1. The van der Waals surface area contributed by atoms with Crippen molar-refractivity contribution < 1.29 is 9.90 Å². The lowest BCUT2D eigenvalue weighted by Crippen LogP contribution is -2.41. The minimum atomic E-state index is -1.13. The van der Waals surface area contributed by atoms with Gasteiger partial charge in [0.1, 0.15) is 11.7 Å². The Morgan fingerprint density at radius 2 is 1.96 bits per heavy atom. The van der Waals surface area contributed by atoms with Crippen LogP contribution < -0.4 is 10.5 Å². The molecule has 0 aliphatic rings. The highest BCUT2D eigenvalue weighted by atomic mass is 35.5. The van der Waals surface area contributed by atoms with E-state index in [-0.39, 0.29) is 11.0 Å². The van der Waals surface area contributed by atoms with Crippen molar-refractivity contribution in [3.8, 4) is 0 Å². The van der Waals surface area contributed by atoms with E-state index in [0.29, 0.717) is 13.2 Å². The summed E-state index contributed by atoms with van der Waals surface area (Å²) in [6.45, 7) is 0.546. The van der Waals surface area contributed by atoms with Gasteiger partial charge in [0.05, 0.1) is 12.9 Å². The van der Waals surface area contributed by atoms with Gasteiger partial charge >= 0.3 is 5.97 Å². The van der Waals surface area contributed by atoms with Crippen LogP contribution in [0.3, 0.4) is 0 Å². The smallest absolute Gasteiger partial charge is 0.323 e. The van der Waals surface area contributed by atoms with Gasteiger partial charge in [-0.3, -0.25) is 19.1 Å². The topological polar surface area (TPSA) is 78.7 Å². The predicted molar refractivity (Wildman–Crippen MR) is 97.2 cm³/mol. The van der Waals surface area contributed by atoms with E-state index in [1.54, 1.807) is 0 Å². The maximum Gasteiger partial charge on any atom is 0.323 e. The van der Waals surface area contributed by atoms with Gasteiger partial charge in [-0.25, -0.2) is 4.98 Å². The Bertz CT molecular complexity index is 777. The minimum Gasteiger partial charge on any atom is -0.480 e. The number of rotatable bonds is 8. The maximum absolute atomic E-state index is 12.7. The monoisotopic (exact) mass is 364 g/mol. The van der Waals surface area contributed by atoms with Gasteiger partial charge in [-0.05, 0) is 26.1 Å². The summed E-state index contributed by atoms with van der Waals surface area (Å²) in [7, 11) is 3.78. The highest BCUT2D eigenvalue weighted by Crippen LogP contribution is 2.12. The van der Waals surface area contributed by atoms with Gasteiger partial charge in [0.15, 0.2) is 5.82 Å². The molecule has 0 saturated carbocycles. The molecule has 0 spiro atoms. The highest BCUT2D eigenvalue weighted by molar-refractivity contribution is 6.29. The molecule has 0 unspecified atom stereocenters. The van der Waals surface area contributed by atoms with Gasteiger partial charge in [0, 0.05) is 6.54 Å². The number of carbonyl (C=O) groups is 1. The number of benzene rings is 1. The second kappa shape index (κ2) is 8.64. The highest BCUT2D eigenvalue weighted by Gasteiger charge is 2.18. The second-order valence-corrected chi connectivity index (χ2v) is 6.30. The molecule has 25 heavy (non-hydrogen) atoms. The molecule has 2 rings (SSSR count). The fraction of sp³-hybridized carbons (Fsp3) is 0.353. The van der Waals surface area contributed by atoms with Gasteiger partial charge in [-0.15, -0.1) is 0 Å². The van der Waals surface area contributed by atoms with Crippen LogP contribution >= 0.6 is 11.6 Å². The molecule has 0 saturated heterocycles. The summed E-state index contributed by atoms with van der Waals surface area (Å²) in [5, 5.41) is 8.99. The normalized spacial score (nSPS) is 10.9. The third kappa shape index (κ3) is 5.30. The Morgan fingerprint density at radius 1 is 1.28 bits per heavy atom. The molecule has 1 heterocycles. The molecule has 0 aliphatic carbocycles. The first kappa shape index (κ1) is 19.0. The summed E-state index contributed by atoms with van der Waals surface area (Å²) < 4.78 is 1.01. The number of aliphatic carboxylic acids is 1. The van der Waals surface area contributed by atoms with Crippen molar-refractivity contribution in [1.29, 1.82) is 0 Å². The van der Waals surface area contributed by atoms with Crippen LogP contribution in [0.25, 0.3) is 0 Å². The molecule has 1 aromatic heterocycles. The maximum atomic E-state index is 12.7. The quantitative estimate of drug-likeness (QED) is 0.716. The third-order valence-corrected chi connectivity index (χ3v) is 3.85. The van der Waals surface area contributed by atoms with Crippen molar-refractivity contribution in [2.45, 2.75) is 13.0 Å². The standard InChI is InChI=1S/C17H21ClN4O3/c1-20(2)12-21(9-8-13-6-4-3-5-7-13)16-17(25)22(11-15(23)24)14(18)10-19-16/h3-7,10H,8-9,11-12H2,1-2H3,(H,23,24). The molecule has 7 nitrogen and oxygen atoms in total. The fourth-order valence-electron chi connectivity index (χ4n) is 2.45. The molecule has 2 aromatic rings. The van der Waals surface area contributed by atoms with Crippen LogP contribution in [0.5, 0.6) is 0 Å². The molecule has 0 radical (unpaired) electrons. The van der Waals surface area contributed by atoms with Crippen LogP contribution in [0.2, 0.25) is 5.15 Å². The Morgan fingerprint density at radius 3 is 2.56 bits per heavy atom. The summed E-state index contributed by atoms with van der Waals surface area (Å²) in [6, 6.07) is 9.92. The Balaban J connectivity index is 2.30. The Labute approximate surface area is 151 Å². The van der Waals surface area contributed by atoms with Crippen LogP contribution in [0.1, 0.15) is 5.56 Å². The zero-order valence-electron chi connectivity index (χ0n) is 14.2. The van der Waals surface area contributed by atoms with E-state index in [1.807, 2.05) is 54.2 Å². The Hall–Kier alpha value is -2.38. The van der Waals surface area contributed by atoms with Crippen molar-refractivity contribution in [3.05, 3.63) is 57.6 Å². The molecule has 1 N–H and O–H groups in total. The molecule has 0 atom stereocenters. The molecular weight excluding hydrogens is 344 g/mol. The second-order valence-electron chi connectivity index (χ2n) is 5.91. The van der Waals surface area contributed by atoms with Crippen LogP contribution in [-0.2, 0) is 17.8 Å². The van der Waals surface area contributed by atoms with Crippen LogP contribution in [-0.4, -0.2) is 52.8 Å². The van der Waals surface area contributed by atoms with Crippen molar-refractivity contribution in [2.24, 2.45) is 0 Å². The molecule has 8 heteroatoms. The predicted octanol–water partition coefficient (Wildman–Crippen LogP) is 1.55. The van der Waals surface area contributed by atoms with E-state index in [9.17, 15) is 9.59 Å². The SMILES string of the molecule is CN(C)CN(CCc1ccccc1)c1ncc(Cl)n(CC(=O)O)c1=O. The van der Waals surface area contributed by atoms with Gasteiger partial charge in [-0.2, -0.15) is 0 Å². The molecule has 0 bridgehead atoms. The molecular formula is C17H21ClN4O3. The number of aromatic nitrogens is 2. The van der Waals surface area contributed by atoms with Crippen molar-refractivity contribution >= 4 is 23.4 Å². The molecule has 1 aromatic carbocycles. The zero-order chi connectivity index (χ0) is 18.4. The van der Waals surface area contributed by atoms with E-state index in [0.717, 1.165) is 16.6 Å². The van der Waals surface area contributed by atoms with Gasteiger partial charge in [0.25, 0.3) is 5.56 Å². The van der Waals surface area contributed by atoms with Crippen molar-refractivity contribution in [2.75, 3.05) is 32.2 Å². The van der Waals surface area contributed by atoms with E-state index in [1.165, 1.54) is 6.20 Å². The average molecular weight is 365 g/mol. The fourth-order valence-corrected chi connectivity index (χ4v) is 2.64. The number of anilines is 1. The largest absolute Gasteiger partial charge is 0.480 e. The first-order valence-electron chi connectivity index (χ1n) is 7.79.